The highest BCUT2D eigenvalue weighted by atomic mass is 19.1. The molecule has 3 heterocycles. The van der Waals surface area contributed by atoms with E-state index >= 15 is 0 Å². The van der Waals surface area contributed by atoms with Crippen molar-refractivity contribution in [3.8, 4) is 0 Å². The fourth-order valence-electron chi connectivity index (χ4n) is 3.53. The summed E-state index contributed by atoms with van der Waals surface area (Å²) in [5.41, 5.74) is 0.0269. The van der Waals surface area contributed by atoms with Crippen LogP contribution in [0.4, 0.5) is 4.39 Å². The minimum absolute atomic E-state index is 0.000243. The number of esters is 1. The summed E-state index contributed by atoms with van der Waals surface area (Å²) in [6, 6.07) is 11.5. The van der Waals surface area contributed by atoms with Crippen molar-refractivity contribution in [3.05, 3.63) is 87.5 Å². The van der Waals surface area contributed by atoms with Gasteiger partial charge in [0.1, 0.15) is 22.7 Å². The van der Waals surface area contributed by atoms with Gasteiger partial charge in [-0.25, -0.2) is 14.2 Å². The topological polar surface area (TPSA) is 104 Å². The maximum Gasteiger partial charge on any atom is 0.341 e. The average molecular weight is 464 g/mol. The zero-order chi connectivity index (χ0) is 24.2. The lowest BCUT2D eigenvalue weighted by Crippen LogP contribution is -2.33. The van der Waals surface area contributed by atoms with E-state index in [0.717, 1.165) is 6.07 Å². The monoisotopic (exact) mass is 464 g/mol. The van der Waals surface area contributed by atoms with Gasteiger partial charge in [-0.1, -0.05) is 12.1 Å². The summed E-state index contributed by atoms with van der Waals surface area (Å²) in [4.78, 5) is 47.7. The summed E-state index contributed by atoms with van der Waals surface area (Å²) in [7, 11) is 1.49. The molecule has 0 aliphatic carbocycles. The second kappa shape index (κ2) is 9.75. The van der Waals surface area contributed by atoms with Crippen LogP contribution in [0.25, 0.3) is 16.7 Å². The number of rotatable bonds is 6. The number of carbonyl (C=O) groups is 2. The molecule has 0 aliphatic heterocycles. The lowest BCUT2D eigenvalue weighted by atomic mass is 10.2. The van der Waals surface area contributed by atoms with Gasteiger partial charge < -0.3 is 14.0 Å². The molecule has 0 N–H and O–H groups in total. The Hall–Kier alpha value is -4.18. The normalized spacial score (nSPS) is 11.8. The highest BCUT2D eigenvalue weighted by molar-refractivity contribution is 5.97. The van der Waals surface area contributed by atoms with Crippen LogP contribution in [0.2, 0.25) is 0 Å². The first-order valence-corrected chi connectivity index (χ1v) is 10.5. The third-order valence-corrected chi connectivity index (χ3v) is 5.08. The van der Waals surface area contributed by atoms with Crippen LogP contribution in [0.1, 0.15) is 27.6 Å². The Balaban J connectivity index is 2.11. The van der Waals surface area contributed by atoms with Crippen LogP contribution in [0.15, 0.2) is 64.5 Å². The zero-order valence-electron chi connectivity index (χ0n) is 18.5. The minimum Gasteiger partial charge on any atom is -0.462 e. The average Bonchev–Trinajstić information content (AvgIpc) is 2.83. The summed E-state index contributed by atoms with van der Waals surface area (Å²) in [6.45, 7) is 2.02. The Morgan fingerprint density at radius 2 is 1.97 bits per heavy atom. The van der Waals surface area contributed by atoms with Gasteiger partial charge >= 0.3 is 5.97 Å². The molecule has 0 fully saturated rings. The smallest absolute Gasteiger partial charge is 0.341 e. The third-order valence-electron chi connectivity index (χ3n) is 5.08. The minimum atomic E-state index is -0.770. The molecule has 0 unspecified atom stereocenters. The Labute approximate surface area is 192 Å². The molecule has 0 bridgehead atoms. The number of aromatic nitrogens is 3. The number of ether oxygens (including phenoxy) is 2. The maximum atomic E-state index is 13.7. The molecular weight excluding hydrogens is 443 g/mol. The SMILES string of the molecule is CCOC(=O)c1cc2c(=O)n3ccccc3nc2n(CCOC)c1=NC(=O)c1cccc(F)c1. The first-order chi connectivity index (χ1) is 16.4. The van der Waals surface area contributed by atoms with Crippen LogP contribution < -0.4 is 11.0 Å². The first-order valence-electron chi connectivity index (χ1n) is 10.5. The third kappa shape index (κ3) is 4.35. The van der Waals surface area contributed by atoms with Gasteiger partial charge in [0.15, 0.2) is 5.49 Å². The van der Waals surface area contributed by atoms with Crippen molar-refractivity contribution in [2.75, 3.05) is 20.3 Å². The van der Waals surface area contributed by atoms with E-state index in [2.05, 4.69) is 9.98 Å². The second-order valence-corrected chi connectivity index (χ2v) is 7.26. The number of nitrogens with zero attached hydrogens (tertiary/aromatic N) is 4. The maximum absolute atomic E-state index is 13.7. The summed E-state index contributed by atoms with van der Waals surface area (Å²) in [5, 5.41) is 0.139. The molecule has 10 heteroatoms. The molecule has 0 atom stereocenters. The van der Waals surface area contributed by atoms with Crippen LogP contribution in [-0.4, -0.2) is 46.2 Å². The van der Waals surface area contributed by atoms with Gasteiger partial charge in [-0.05, 0) is 43.3 Å². The quantitative estimate of drug-likeness (QED) is 0.321. The van der Waals surface area contributed by atoms with Crippen LogP contribution in [-0.2, 0) is 16.0 Å². The number of methoxy groups -OCH3 is 1. The number of hydrogen-bond donors (Lipinski definition) is 0. The lowest BCUT2D eigenvalue weighted by Gasteiger charge is -2.14. The molecule has 3 aromatic heterocycles. The molecule has 4 rings (SSSR count). The molecule has 1 aromatic carbocycles. The molecule has 0 spiro atoms. The Bertz CT molecular complexity index is 1540. The summed E-state index contributed by atoms with van der Waals surface area (Å²) < 4.78 is 26.9. The van der Waals surface area contributed by atoms with E-state index in [1.54, 1.807) is 31.3 Å². The molecule has 174 valence electrons. The van der Waals surface area contributed by atoms with Crippen molar-refractivity contribution in [2.45, 2.75) is 13.5 Å². The molecule has 34 heavy (non-hydrogen) atoms. The number of benzene rings is 1. The van der Waals surface area contributed by atoms with Crippen LogP contribution in [0.5, 0.6) is 0 Å². The number of amides is 1. The fourth-order valence-corrected chi connectivity index (χ4v) is 3.53. The van der Waals surface area contributed by atoms with Crippen LogP contribution in [0.3, 0.4) is 0 Å². The van der Waals surface area contributed by atoms with Crippen molar-refractivity contribution in [3.63, 3.8) is 0 Å². The van der Waals surface area contributed by atoms with E-state index < -0.39 is 23.3 Å². The molecule has 1 amide bonds. The van der Waals surface area contributed by atoms with Crippen molar-refractivity contribution >= 4 is 28.6 Å². The number of pyridine rings is 2. The Morgan fingerprint density at radius 1 is 1.15 bits per heavy atom. The molecular formula is C24H21FN4O5. The number of hydrogen-bond acceptors (Lipinski definition) is 6. The van der Waals surface area contributed by atoms with Crippen molar-refractivity contribution in [2.24, 2.45) is 4.99 Å². The van der Waals surface area contributed by atoms with Gasteiger partial charge in [-0.3, -0.25) is 14.0 Å². The highest BCUT2D eigenvalue weighted by Gasteiger charge is 2.20. The van der Waals surface area contributed by atoms with E-state index in [4.69, 9.17) is 9.47 Å². The molecule has 0 saturated heterocycles. The lowest BCUT2D eigenvalue weighted by molar-refractivity contribution is 0.0523. The number of carbonyl (C=O) groups excluding carboxylic acids is 2. The fraction of sp³-hybridized carbons (Fsp3) is 0.208. The summed E-state index contributed by atoms with van der Waals surface area (Å²) in [5.74, 6) is -2.13. The molecule has 9 nitrogen and oxygen atoms in total. The van der Waals surface area contributed by atoms with E-state index in [0.29, 0.717) is 5.65 Å². The predicted molar refractivity (Wildman–Crippen MR) is 121 cm³/mol. The Kier molecular flexibility index (Phi) is 6.60. The largest absolute Gasteiger partial charge is 0.462 e. The van der Waals surface area contributed by atoms with Crippen molar-refractivity contribution in [1.29, 1.82) is 0 Å². The predicted octanol–water partition coefficient (Wildman–Crippen LogP) is 2.35. The van der Waals surface area contributed by atoms with Gasteiger partial charge in [-0.15, -0.1) is 0 Å². The Morgan fingerprint density at radius 3 is 2.71 bits per heavy atom. The molecule has 0 saturated carbocycles. The molecule has 4 aromatic rings. The van der Waals surface area contributed by atoms with E-state index in [1.807, 2.05) is 0 Å². The van der Waals surface area contributed by atoms with Gasteiger partial charge in [0.2, 0.25) is 0 Å². The van der Waals surface area contributed by atoms with Gasteiger partial charge in [0, 0.05) is 25.4 Å². The van der Waals surface area contributed by atoms with Crippen LogP contribution >= 0.6 is 0 Å². The van der Waals surface area contributed by atoms with Gasteiger partial charge in [0.25, 0.3) is 11.5 Å². The number of fused-ring (bicyclic) bond motifs is 2. The summed E-state index contributed by atoms with van der Waals surface area (Å²) >= 11 is 0. The number of halogens is 1. The standard InChI is InChI=1S/C24H21FN4O5/c1-3-34-24(32)18-14-17-20(26-19-9-4-5-10-28(19)23(17)31)29(11-12-33-2)21(18)27-22(30)15-7-6-8-16(25)13-15/h4-10,13-14H,3,11-12H2,1-2H3. The van der Waals surface area contributed by atoms with Crippen LogP contribution in [0, 0.1) is 5.82 Å². The molecule has 0 aliphatic rings. The van der Waals surface area contributed by atoms with Crippen molar-refractivity contribution < 1.29 is 23.5 Å². The highest BCUT2D eigenvalue weighted by Crippen LogP contribution is 2.12. The van der Waals surface area contributed by atoms with Gasteiger partial charge in [0.05, 0.1) is 18.6 Å². The molecule has 0 radical (unpaired) electrons. The first kappa shape index (κ1) is 23.0. The van der Waals surface area contributed by atoms with Gasteiger partial charge in [-0.2, -0.15) is 4.99 Å². The van der Waals surface area contributed by atoms with Crippen molar-refractivity contribution in [1.82, 2.24) is 14.0 Å². The van der Waals surface area contributed by atoms with E-state index in [1.165, 1.54) is 40.3 Å². The van der Waals surface area contributed by atoms with E-state index in [9.17, 15) is 18.8 Å². The zero-order valence-corrected chi connectivity index (χ0v) is 18.5. The second-order valence-electron chi connectivity index (χ2n) is 7.26. The summed E-state index contributed by atoms with van der Waals surface area (Å²) in [6.07, 6.45) is 1.57. The van der Waals surface area contributed by atoms with E-state index in [-0.39, 0.29) is 47.4 Å².